The van der Waals surface area contributed by atoms with E-state index in [1.165, 1.54) is 6.33 Å². The Morgan fingerprint density at radius 3 is 2.56 bits per heavy atom. The Bertz CT molecular complexity index is 1480. The van der Waals surface area contributed by atoms with Gasteiger partial charge in [-0.25, -0.2) is 9.97 Å². The lowest BCUT2D eigenvalue weighted by atomic mass is 10.1. The zero-order valence-electron chi connectivity index (χ0n) is 17.0. The summed E-state index contributed by atoms with van der Waals surface area (Å²) in [6.45, 7) is 1.87. The lowest BCUT2D eigenvalue weighted by Gasteiger charge is -2.12. The maximum absolute atomic E-state index is 12.0. The first-order chi connectivity index (χ1) is 15.6. The first kappa shape index (κ1) is 19.4. The SMILES string of the molecule is Cc1ccc2cccc(Oc3ncnc(Nc4cccc5ccccc45)c3[N+](=O)[O-])c2n1. The highest BCUT2D eigenvalue weighted by atomic mass is 16.6. The molecule has 0 saturated carbocycles. The second kappa shape index (κ2) is 7.92. The highest BCUT2D eigenvalue weighted by molar-refractivity contribution is 5.95. The number of aryl methyl sites for hydroxylation is 1. The van der Waals surface area contributed by atoms with Gasteiger partial charge in [0.05, 0.1) is 4.92 Å². The molecular weight excluding hydrogens is 406 g/mol. The van der Waals surface area contributed by atoms with E-state index in [1.54, 1.807) is 12.1 Å². The number of hydrogen-bond acceptors (Lipinski definition) is 7. The molecule has 156 valence electrons. The number of rotatable bonds is 5. The van der Waals surface area contributed by atoms with Crippen LogP contribution in [-0.4, -0.2) is 19.9 Å². The van der Waals surface area contributed by atoms with Gasteiger partial charge in [0.25, 0.3) is 0 Å². The Kier molecular flexibility index (Phi) is 4.79. The van der Waals surface area contributed by atoms with Crippen LogP contribution in [0, 0.1) is 17.0 Å². The second-order valence-electron chi connectivity index (χ2n) is 7.17. The zero-order chi connectivity index (χ0) is 22.1. The van der Waals surface area contributed by atoms with E-state index >= 15 is 0 Å². The molecular formula is C24H17N5O3. The number of nitro groups is 1. The summed E-state index contributed by atoms with van der Waals surface area (Å²) in [5.41, 5.74) is 1.75. The summed E-state index contributed by atoms with van der Waals surface area (Å²) in [5.74, 6) is 0.258. The van der Waals surface area contributed by atoms with E-state index in [2.05, 4.69) is 20.3 Å². The molecule has 0 bridgehead atoms. The van der Waals surface area contributed by atoms with E-state index < -0.39 is 4.92 Å². The highest BCUT2D eigenvalue weighted by Crippen LogP contribution is 2.38. The van der Waals surface area contributed by atoms with E-state index in [9.17, 15) is 10.1 Å². The average Bonchev–Trinajstić information content (AvgIpc) is 2.80. The van der Waals surface area contributed by atoms with Gasteiger partial charge in [-0.3, -0.25) is 10.1 Å². The molecule has 32 heavy (non-hydrogen) atoms. The first-order valence-corrected chi connectivity index (χ1v) is 9.88. The van der Waals surface area contributed by atoms with Crippen LogP contribution in [0.5, 0.6) is 11.6 Å². The molecule has 0 aliphatic rings. The fraction of sp³-hybridized carbons (Fsp3) is 0.0417. The van der Waals surface area contributed by atoms with Gasteiger partial charge in [-0.15, -0.1) is 0 Å². The topological polar surface area (TPSA) is 103 Å². The molecule has 0 radical (unpaired) electrons. The van der Waals surface area contributed by atoms with Gasteiger partial charge in [0.2, 0.25) is 5.82 Å². The highest BCUT2D eigenvalue weighted by Gasteiger charge is 2.26. The number of ether oxygens (including phenoxy) is 1. The van der Waals surface area contributed by atoms with Gasteiger partial charge < -0.3 is 10.1 Å². The fourth-order valence-electron chi connectivity index (χ4n) is 3.56. The zero-order valence-corrected chi connectivity index (χ0v) is 17.0. The van der Waals surface area contributed by atoms with Gasteiger partial charge in [0.15, 0.2) is 5.75 Å². The number of benzene rings is 3. The monoisotopic (exact) mass is 423 g/mol. The van der Waals surface area contributed by atoms with Crippen molar-refractivity contribution in [3.8, 4) is 11.6 Å². The molecule has 2 heterocycles. The van der Waals surface area contributed by atoms with Gasteiger partial charge in [-0.1, -0.05) is 54.6 Å². The average molecular weight is 423 g/mol. The summed E-state index contributed by atoms with van der Waals surface area (Å²) in [4.78, 5) is 24.1. The maximum Gasteiger partial charge on any atom is 0.373 e. The largest absolute Gasteiger partial charge is 0.431 e. The third-order valence-corrected chi connectivity index (χ3v) is 5.04. The minimum Gasteiger partial charge on any atom is -0.431 e. The summed E-state index contributed by atoms with van der Waals surface area (Å²) >= 11 is 0. The molecule has 1 N–H and O–H groups in total. The van der Waals surface area contributed by atoms with Crippen LogP contribution in [0.25, 0.3) is 21.7 Å². The van der Waals surface area contributed by atoms with Crippen LogP contribution in [0.1, 0.15) is 5.69 Å². The summed E-state index contributed by atoms with van der Waals surface area (Å²) in [6.07, 6.45) is 1.24. The van der Waals surface area contributed by atoms with Crippen LogP contribution < -0.4 is 10.1 Å². The van der Waals surface area contributed by atoms with Crippen LogP contribution in [0.2, 0.25) is 0 Å². The molecule has 0 unspecified atom stereocenters. The van der Waals surface area contributed by atoms with Gasteiger partial charge in [0.1, 0.15) is 11.8 Å². The van der Waals surface area contributed by atoms with Crippen LogP contribution in [0.15, 0.2) is 79.1 Å². The molecule has 0 spiro atoms. The lowest BCUT2D eigenvalue weighted by Crippen LogP contribution is -2.04. The summed E-state index contributed by atoms with van der Waals surface area (Å²) in [5, 5.41) is 17.9. The Balaban J connectivity index is 1.59. The Labute approximate surface area is 182 Å². The van der Waals surface area contributed by atoms with Gasteiger partial charge in [0, 0.05) is 22.2 Å². The van der Waals surface area contributed by atoms with Crippen LogP contribution in [-0.2, 0) is 0 Å². The quantitative estimate of drug-likeness (QED) is 0.276. The summed E-state index contributed by atoms with van der Waals surface area (Å²) in [6, 6.07) is 22.7. The normalized spacial score (nSPS) is 10.9. The third-order valence-electron chi connectivity index (χ3n) is 5.04. The molecule has 0 aliphatic heterocycles. The van der Waals surface area contributed by atoms with Crippen molar-refractivity contribution < 1.29 is 9.66 Å². The van der Waals surface area contributed by atoms with E-state index in [0.29, 0.717) is 17.0 Å². The van der Waals surface area contributed by atoms with E-state index in [0.717, 1.165) is 21.9 Å². The molecule has 0 aliphatic carbocycles. The predicted octanol–water partition coefficient (Wildman–Crippen LogP) is 5.93. The number of para-hydroxylation sites is 1. The molecule has 8 nitrogen and oxygen atoms in total. The molecule has 2 aromatic heterocycles. The van der Waals surface area contributed by atoms with Crippen molar-refractivity contribution in [1.82, 2.24) is 15.0 Å². The summed E-state index contributed by atoms with van der Waals surface area (Å²) in [7, 11) is 0. The Morgan fingerprint density at radius 1 is 0.906 bits per heavy atom. The first-order valence-electron chi connectivity index (χ1n) is 9.88. The predicted molar refractivity (Wildman–Crippen MR) is 122 cm³/mol. The van der Waals surface area contributed by atoms with Crippen molar-refractivity contribution in [2.45, 2.75) is 6.92 Å². The van der Waals surface area contributed by atoms with E-state index in [4.69, 9.17) is 4.74 Å². The number of pyridine rings is 1. The number of nitrogens with one attached hydrogen (secondary N) is 1. The van der Waals surface area contributed by atoms with Crippen molar-refractivity contribution in [3.63, 3.8) is 0 Å². The molecule has 3 aromatic carbocycles. The number of aromatic nitrogens is 3. The minimum atomic E-state index is -0.549. The molecule has 5 aromatic rings. The molecule has 0 atom stereocenters. The Hall–Kier alpha value is -4.59. The van der Waals surface area contributed by atoms with Crippen molar-refractivity contribution in [3.05, 3.63) is 94.9 Å². The number of fused-ring (bicyclic) bond motifs is 2. The fourth-order valence-corrected chi connectivity index (χ4v) is 3.56. The molecule has 5 rings (SSSR count). The van der Waals surface area contributed by atoms with Gasteiger partial charge in [-0.05, 0) is 30.5 Å². The Morgan fingerprint density at radius 2 is 1.69 bits per heavy atom. The maximum atomic E-state index is 12.0. The minimum absolute atomic E-state index is 0.0423. The van der Waals surface area contributed by atoms with E-state index in [-0.39, 0.29) is 17.4 Å². The van der Waals surface area contributed by atoms with Crippen molar-refractivity contribution in [2.24, 2.45) is 0 Å². The number of nitrogens with zero attached hydrogens (tertiary/aromatic N) is 4. The van der Waals surface area contributed by atoms with Crippen molar-refractivity contribution in [1.29, 1.82) is 0 Å². The standard InChI is InChI=1S/C24H17N5O3/c1-15-12-13-17-8-5-11-20(21(17)27-15)32-24-22(29(30)31)23(25-14-26-24)28-19-10-4-7-16-6-2-3-9-18(16)19/h2-14H,1H3,(H,25,26,28). The molecule has 0 saturated heterocycles. The van der Waals surface area contributed by atoms with Crippen LogP contribution >= 0.6 is 0 Å². The van der Waals surface area contributed by atoms with Gasteiger partial charge >= 0.3 is 11.6 Å². The third kappa shape index (κ3) is 3.54. The second-order valence-corrected chi connectivity index (χ2v) is 7.17. The lowest BCUT2D eigenvalue weighted by molar-refractivity contribution is -0.385. The van der Waals surface area contributed by atoms with Crippen molar-refractivity contribution in [2.75, 3.05) is 5.32 Å². The van der Waals surface area contributed by atoms with E-state index in [1.807, 2.05) is 67.6 Å². The van der Waals surface area contributed by atoms with Gasteiger partial charge in [-0.2, -0.15) is 4.98 Å². The van der Waals surface area contributed by atoms with Crippen molar-refractivity contribution >= 4 is 38.9 Å². The van der Waals surface area contributed by atoms with Crippen LogP contribution in [0.3, 0.4) is 0 Å². The summed E-state index contributed by atoms with van der Waals surface area (Å²) < 4.78 is 5.91. The molecule has 0 amide bonds. The number of hydrogen-bond donors (Lipinski definition) is 1. The van der Waals surface area contributed by atoms with Crippen LogP contribution in [0.4, 0.5) is 17.2 Å². The molecule has 0 fully saturated rings. The molecule has 8 heteroatoms. The smallest absolute Gasteiger partial charge is 0.373 e. The number of anilines is 2.